The Labute approximate surface area is 124 Å². The second kappa shape index (κ2) is 8.97. The van der Waals surface area contributed by atoms with E-state index in [-0.39, 0.29) is 5.75 Å². The molecule has 1 saturated heterocycles. The van der Waals surface area contributed by atoms with E-state index in [0.717, 1.165) is 38.8 Å². The number of piperidine rings is 1. The largest absolute Gasteiger partial charge is 0.384 e. The topological polar surface area (TPSA) is 58.6 Å². The van der Waals surface area contributed by atoms with Crippen LogP contribution < -0.4 is 5.32 Å². The number of hydrogen-bond acceptors (Lipinski definition) is 4. The van der Waals surface area contributed by atoms with Gasteiger partial charge in [-0.1, -0.05) is 13.8 Å². The maximum Gasteiger partial charge on any atom is 0.214 e. The molecule has 0 saturated carbocycles. The Bertz CT molecular complexity index is 349. The highest BCUT2D eigenvalue weighted by molar-refractivity contribution is 7.89. The molecule has 5 nitrogen and oxygen atoms in total. The number of methoxy groups -OCH3 is 1. The summed E-state index contributed by atoms with van der Waals surface area (Å²) < 4.78 is 31.2. The van der Waals surface area contributed by atoms with E-state index in [1.54, 1.807) is 11.4 Å². The molecule has 0 aromatic carbocycles. The van der Waals surface area contributed by atoms with E-state index in [2.05, 4.69) is 19.2 Å². The quantitative estimate of drug-likeness (QED) is 0.655. The van der Waals surface area contributed by atoms with Gasteiger partial charge in [-0.2, -0.15) is 0 Å². The van der Waals surface area contributed by atoms with Gasteiger partial charge in [0.1, 0.15) is 0 Å². The van der Waals surface area contributed by atoms with Crippen LogP contribution in [-0.2, 0) is 14.8 Å². The van der Waals surface area contributed by atoms with Crippen LogP contribution in [0.1, 0.15) is 39.5 Å². The zero-order valence-electron chi connectivity index (χ0n) is 13.1. The van der Waals surface area contributed by atoms with Gasteiger partial charge in [-0.15, -0.1) is 0 Å². The Kier molecular flexibility index (Phi) is 8.02. The van der Waals surface area contributed by atoms with Crippen LogP contribution in [0.2, 0.25) is 0 Å². The summed E-state index contributed by atoms with van der Waals surface area (Å²) in [6, 6.07) is 0.464. The van der Waals surface area contributed by atoms with Crippen LogP contribution in [0.15, 0.2) is 0 Å². The minimum Gasteiger partial charge on any atom is -0.384 e. The van der Waals surface area contributed by atoms with E-state index in [1.807, 2.05) is 0 Å². The van der Waals surface area contributed by atoms with Crippen molar-refractivity contribution in [1.82, 2.24) is 9.62 Å². The standard InChI is InChI=1S/C14H30N2O3S/c1-13(2)15-8-4-5-11-20(17,18)16-9-6-14(7-10-16)12-19-3/h13-15H,4-12H2,1-3H3. The molecule has 1 aliphatic heterocycles. The summed E-state index contributed by atoms with van der Waals surface area (Å²) in [6.45, 7) is 7.14. The van der Waals surface area contributed by atoms with Crippen LogP contribution in [0.25, 0.3) is 0 Å². The monoisotopic (exact) mass is 306 g/mol. The first-order valence-electron chi connectivity index (χ1n) is 7.66. The van der Waals surface area contributed by atoms with E-state index in [1.165, 1.54) is 0 Å². The van der Waals surface area contributed by atoms with Gasteiger partial charge in [-0.25, -0.2) is 12.7 Å². The van der Waals surface area contributed by atoms with Crippen LogP contribution in [-0.4, -0.2) is 57.9 Å². The summed E-state index contributed by atoms with van der Waals surface area (Å²) in [5.41, 5.74) is 0. The molecule has 120 valence electrons. The second-order valence-corrected chi connectivity index (χ2v) is 8.02. The Morgan fingerprint density at radius 2 is 1.90 bits per heavy atom. The number of hydrogen-bond donors (Lipinski definition) is 1. The van der Waals surface area contributed by atoms with Gasteiger partial charge in [0, 0.05) is 32.8 Å². The van der Waals surface area contributed by atoms with Crippen molar-refractivity contribution in [1.29, 1.82) is 0 Å². The highest BCUT2D eigenvalue weighted by Crippen LogP contribution is 2.20. The highest BCUT2D eigenvalue weighted by Gasteiger charge is 2.27. The van der Waals surface area contributed by atoms with Crippen molar-refractivity contribution in [2.24, 2.45) is 5.92 Å². The molecule has 0 bridgehead atoms. The molecular formula is C14H30N2O3S. The van der Waals surface area contributed by atoms with Gasteiger partial charge in [0.2, 0.25) is 10.0 Å². The number of nitrogens with zero attached hydrogens (tertiary/aromatic N) is 1. The Balaban J connectivity index is 2.24. The average Bonchev–Trinajstić information content (AvgIpc) is 2.39. The zero-order valence-corrected chi connectivity index (χ0v) is 13.9. The van der Waals surface area contributed by atoms with Gasteiger partial charge >= 0.3 is 0 Å². The van der Waals surface area contributed by atoms with Crippen molar-refractivity contribution in [3.63, 3.8) is 0 Å². The summed E-state index contributed by atoms with van der Waals surface area (Å²) in [6.07, 6.45) is 3.49. The molecule has 0 atom stereocenters. The summed E-state index contributed by atoms with van der Waals surface area (Å²) in [5, 5.41) is 3.31. The van der Waals surface area contributed by atoms with Crippen LogP contribution in [0, 0.1) is 5.92 Å². The molecule has 0 spiro atoms. The van der Waals surface area contributed by atoms with Crippen molar-refractivity contribution in [2.45, 2.75) is 45.6 Å². The number of nitrogens with one attached hydrogen (secondary N) is 1. The first-order valence-corrected chi connectivity index (χ1v) is 9.26. The molecule has 6 heteroatoms. The predicted molar refractivity (Wildman–Crippen MR) is 82.3 cm³/mol. The van der Waals surface area contributed by atoms with Crippen molar-refractivity contribution in [3.8, 4) is 0 Å². The lowest BCUT2D eigenvalue weighted by molar-refractivity contribution is 0.121. The molecule has 0 aliphatic carbocycles. The molecule has 1 fully saturated rings. The first kappa shape index (κ1) is 17.9. The van der Waals surface area contributed by atoms with Crippen molar-refractivity contribution >= 4 is 10.0 Å². The molecular weight excluding hydrogens is 276 g/mol. The number of ether oxygens (including phenoxy) is 1. The van der Waals surface area contributed by atoms with Gasteiger partial charge in [-0.05, 0) is 38.1 Å². The van der Waals surface area contributed by atoms with Crippen LogP contribution in [0.4, 0.5) is 0 Å². The smallest absolute Gasteiger partial charge is 0.214 e. The third-order valence-electron chi connectivity index (χ3n) is 3.75. The summed E-state index contributed by atoms with van der Waals surface area (Å²) in [5.74, 6) is 0.795. The first-order chi connectivity index (χ1) is 9.45. The molecule has 1 heterocycles. The molecule has 0 amide bonds. The number of sulfonamides is 1. The Hall–Kier alpha value is -0.170. The summed E-state index contributed by atoms with van der Waals surface area (Å²) in [4.78, 5) is 0. The van der Waals surface area contributed by atoms with Gasteiger partial charge in [0.15, 0.2) is 0 Å². The van der Waals surface area contributed by atoms with E-state index in [9.17, 15) is 8.42 Å². The predicted octanol–water partition coefficient (Wildman–Crippen LogP) is 1.45. The van der Waals surface area contributed by atoms with E-state index in [0.29, 0.717) is 25.0 Å². The molecule has 0 radical (unpaired) electrons. The molecule has 1 N–H and O–H groups in total. The third kappa shape index (κ3) is 6.52. The molecule has 0 aromatic rings. The average molecular weight is 306 g/mol. The van der Waals surface area contributed by atoms with Gasteiger partial charge in [-0.3, -0.25) is 0 Å². The maximum absolute atomic E-state index is 12.2. The van der Waals surface area contributed by atoms with E-state index in [4.69, 9.17) is 4.74 Å². The second-order valence-electron chi connectivity index (χ2n) is 5.93. The lowest BCUT2D eigenvalue weighted by Gasteiger charge is -2.30. The van der Waals surface area contributed by atoms with Gasteiger partial charge in [0.25, 0.3) is 0 Å². The Morgan fingerprint density at radius 1 is 1.25 bits per heavy atom. The summed E-state index contributed by atoms with van der Waals surface area (Å²) in [7, 11) is -1.35. The molecule has 0 aromatic heterocycles. The Morgan fingerprint density at radius 3 is 2.45 bits per heavy atom. The summed E-state index contributed by atoms with van der Waals surface area (Å²) >= 11 is 0. The fraction of sp³-hybridized carbons (Fsp3) is 1.00. The maximum atomic E-state index is 12.2. The normalized spacial score (nSPS) is 18.8. The SMILES string of the molecule is COCC1CCN(S(=O)(=O)CCCCNC(C)C)CC1. The molecule has 1 aliphatic rings. The van der Waals surface area contributed by atoms with Crippen molar-refractivity contribution in [3.05, 3.63) is 0 Å². The van der Waals surface area contributed by atoms with Gasteiger partial charge in [0.05, 0.1) is 5.75 Å². The lowest BCUT2D eigenvalue weighted by Crippen LogP contribution is -2.40. The number of rotatable bonds is 9. The van der Waals surface area contributed by atoms with Crippen molar-refractivity contribution in [2.75, 3.05) is 39.1 Å². The molecule has 0 unspecified atom stereocenters. The fourth-order valence-corrected chi connectivity index (χ4v) is 4.11. The molecule has 1 rings (SSSR count). The lowest BCUT2D eigenvalue weighted by atomic mass is 9.99. The zero-order chi connectivity index (χ0) is 15.0. The molecule has 20 heavy (non-hydrogen) atoms. The van der Waals surface area contributed by atoms with Gasteiger partial charge < -0.3 is 10.1 Å². The van der Waals surface area contributed by atoms with E-state index >= 15 is 0 Å². The van der Waals surface area contributed by atoms with Crippen LogP contribution >= 0.6 is 0 Å². The minimum atomic E-state index is -3.06. The fourth-order valence-electron chi connectivity index (χ4n) is 2.52. The van der Waals surface area contributed by atoms with Crippen LogP contribution in [0.5, 0.6) is 0 Å². The highest BCUT2D eigenvalue weighted by atomic mass is 32.2. The number of unbranched alkanes of at least 4 members (excludes halogenated alkanes) is 1. The van der Waals surface area contributed by atoms with Crippen molar-refractivity contribution < 1.29 is 13.2 Å². The third-order valence-corrected chi connectivity index (χ3v) is 5.71. The minimum absolute atomic E-state index is 0.279. The van der Waals surface area contributed by atoms with Crippen LogP contribution in [0.3, 0.4) is 0 Å². The van der Waals surface area contributed by atoms with E-state index < -0.39 is 10.0 Å².